The highest BCUT2D eigenvalue weighted by molar-refractivity contribution is 5.77. The van der Waals surface area contributed by atoms with E-state index in [4.69, 9.17) is 4.74 Å². The summed E-state index contributed by atoms with van der Waals surface area (Å²) in [4.78, 5) is 14.6. The Bertz CT molecular complexity index is 429. The van der Waals surface area contributed by atoms with E-state index in [0.29, 0.717) is 19.2 Å². The van der Waals surface area contributed by atoms with Gasteiger partial charge in [0.05, 0.1) is 13.2 Å². The predicted molar refractivity (Wildman–Crippen MR) is 81.9 cm³/mol. The molecular weight excluding hydrogens is 266 g/mol. The fraction of sp³-hybridized carbons (Fsp3) is 0.588. The van der Waals surface area contributed by atoms with Crippen molar-refractivity contribution >= 4 is 5.97 Å². The smallest absolute Gasteiger partial charge is 0.328 e. The number of benzene rings is 1. The number of hydrogen-bond donors (Lipinski definition) is 1. The predicted octanol–water partition coefficient (Wildman–Crippen LogP) is 2.53. The molecule has 1 atom stereocenters. The highest BCUT2D eigenvalue weighted by atomic mass is 16.5. The quantitative estimate of drug-likeness (QED) is 0.784. The van der Waals surface area contributed by atoms with Crippen LogP contribution < -0.4 is 0 Å². The fourth-order valence-electron chi connectivity index (χ4n) is 3.19. The first-order valence-electron chi connectivity index (χ1n) is 7.86. The van der Waals surface area contributed by atoms with Crippen LogP contribution in [0.1, 0.15) is 44.2 Å². The van der Waals surface area contributed by atoms with Gasteiger partial charge < -0.3 is 9.84 Å². The number of aliphatic hydroxyl groups excluding tert-OH is 1. The summed E-state index contributed by atoms with van der Waals surface area (Å²) >= 11 is 0. The van der Waals surface area contributed by atoms with Gasteiger partial charge in [0.15, 0.2) is 0 Å². The lowest BCUT2D eigenvalue weighted by atomic mass is 10.0. The summed E-state index contributed by atoms with van der Waals surface area (Å²) in [5.41, 5.74) is 0.941. The largest absolute Gasteiger partial charge is 0.465 e. The highest BCUT2D eigenvalue weighted by Gasteiger charge is 2.34. The van der Waals surface area contributed by atoms with Crippen LogP contribution in [0.15, 0.2) is 30.3 Å². The lowest BCUT2D eigenvalue weighted by Gasteiger charge is -2.34. The molecule has 116 valence electrons. The Balaban J connectivity index is 2.28. The molecule has 0 saturated heterocycles. The second kappa shape index (κ2) is 8.15. The molecule has 4 nitrogen and oxygen atoms in total. The Morgan fingerprint density at radius 3 is 2.57 bits per heavy atom. The van der Waals surface area contributed by atoms with Crippen LogP contribution in [0.3, 0.4) is 0 Å². The van der Waals surface area contributed by atoms with Gasteiger partial charge in [-0.05, 0) is 25.3 Å². The number of carbonyl (C=O) groups is 1. The Hall–Kier alpha value is -1.39. The molecule has 0 aromatic heterocycles. The van der Waals surface area contributed by atoms with Crippen molar-refractivity contribution in [3.05, 3.63) is 35.9 Å². The normalized spacial score (nSPS) is 17.1. The van der Waals surface area contributed by atoms with E-state index in [0.717, 1.165) is 18.4 Å². The van der Waals surface area contributed by atoms with Gasteiger partial charge in [-0.15, -0.1) is 0 Å². The summed E-state index contributed by atoms with van der Waals surface area (Å²) in [7, 11) is 0. The van der Waals surface area contributed by atoms with E-state index in [9.17, 15) is 9.90 Å². The van der Waals surface area contributed by atoms with Gasteiger partial charge in [-0.3, -0.25) is 4.90 Å². The standard InChI is InChI=1S/C17H25NO3/c1-2-21-17(20)16(14-8-4-3-5-9-14)18(12-13-19)15-10-6-7-11-15/h3-5,8-9,15-16,19H,2,6-7,10-13H2,1H3. The van der Waals surface area contributed by atoms with Gasteiger partial charge in [0.1, 0.15) is 6.04 Å². The van der Waals surface area contributed by atoms with Crippen molar-refractivity contribution in [2.75, 3.05) is 19.8 Å². The number of carbonyl (C=O) groups excluding carboxylic acids is 1. The zero-order valence-corrected chi connectivity index (χ0v) is 12.7. The van der Waals surface area contributed by atoms with Crippen molar-refractivity contribution in [3.8, 4) is 0 Å². The molecule has 1 fully saturated rings. The Morgan fingerprint density at radius 1 is 1.33 bits per heavy atom. The monoisotopic (exact) mass is 291 g/mol. The Kier molecular flexibility index (Phi) is 6.21. The van der Waals surface area contributed by atoms with E-state index in [1.807, 2.05) is 37.3 Å². The molecule has 1 unspecified atom stereocenters. The van der Waals surface area contributed by atoms with Crippen LogP contribution in [0.4, 0.5) is 0 Å². The third-order valence-corrected chi connectivity index (χ3v) is 4.11. The minimum atomic E-state index is -0.415. The Morgan fingerprint density at radius 2 is 2.00 bits per heavy atom. The van der Waals surface area contributed by atoms with E-state index in [-0.39, 0.29) is 12.6 Å². The molecule has 1 aliphatic carbocycles. The number of ether oxygens (including phenoxy) is 1. The topological polar surface area (TPSA) is 49.8 Å². The molecule has 2 rings (SSSR count). The van der Waals surface area contributed by atoms with Crippen molar-refractivity contribution in [1.29, 1.82) is 0 Å². The maximum Gasteiger partial charge on any atom is 0.328 e. The van der Waals surface area contributed by atoms with Crippen LogP contribution in [0.5, 0.6) is 0 Å². The van der Waals surface area contributed by atoms with Gasteiger partial charge in [0.2, 0.25) is 0 Å². The van der Waals surface area contributed by atoms with Crippen LogP contribution in [0.25, 0.3) is 0 Å². The number of hydrogen-bond acceptors (Lipinski definition) is 4. The van der Waals surface area contributed by atoms with E-state index < -0.39 is 6.04 Å². The van der Waals surface area contributed by atoms with Crippen molar-refractivity contribution in [1.82, 2.24) is 4.90 Å². The molecule has 0 bridgehead atoms. The molecule has 1 aliphatic rings. The third kappa shape index (κ3) is 4.05. The molecule has 1 aromatic rings. The van der Waals surface area contributed by atoms with E-state index >= 15 is 0 Å². The second-order valence-electron chi connectivity index (χ2n) is 5.46. The van der Waals surface area contributed by atoms with Gasteiger partial charge in [0.25, 0.3) is 0 Å². The molecule has 0 amide bonds. The zero-order valence-electron chi connectivity index (χ0n) is 12.7. The average molecular weight is 291 g/mol. The van der Waals surface area contributed by atoms with Gasteiger partial charge >= 0.3 is 5.97 Å². The molecule has 0 heterocycles. The minimum absolute atomic E-state index is 0.0548. The number of aliphatic hydroxyl groups is 1. The molecule has 0 aliphatic heterocycles. The van der Waals surface area contributed by atoms with Crippen LogP contribution >= 0.6 is 0 Å². The van der Waals surface area contributed by atoms with Gasteiger partial charge in [-0.25, -0.2) is 4.79 Å². The fourth-order valence-corrected chi connectivity index (χ4v) is 3.19. The maximum absolute atomic E-state index is 12.5. The molecule has 0 spiro atoms. The lowest BCUT2D eigenvalue weighted by Crippen LogP contribution is -2.43. The molecule has 1 saturated carbocycles. The average Bonchev–Trinajstić information content (AvgIpc) is 3.02. The van der Waals surface area contributed by atoms with Crippen LogP contribution in [-0.4, -0.2) is 41.8 Å². The van der Waals surface area contributed by atoms with Crippen molar-refractivity contribution in [2.45, 2.75) is 44.7 Å². The minimum Gasteiger partial charge on any atom is -0.465 e. The number of rotatable bonds is 7. The van der Waals surface area contributed by atoms with Crippen molar-refractivity contribution < 1.29 is 14.6 Å². The second-order valence-corrected chi connectivity index (χ2v) is 5.46. The summed E-state index contributed by atoms with van der Waals surface area (Å²) in [6, 6.07) is 9.67. The highest BCUT2D eigenvalue weighted by Crippen LogP contribution is 2.31. The van der Waals surface area contributed by atoms with E-state index in [1.165, 1.54) is 12.8 Å². The first kappa shape index (κ1) is 16.0. The first-order valence-corrected chi connectivity index (χ1v) is 7.86. The summed E-state index contributed by atoms with van der Waals surface area (Å²) in [6.07, 6.45) is 4.55. The molecule has 21 heavy (non-hydrogen) atoms. The molecule has 0 radical (unpaired) electrons. The van der Waals surface area contributed by atoms with Crippen molar-refractivity contribution in [3.63, 3.8) is 0 Å². The number of esters is 1. The first-order chi connectivity index (χ1) is 10.3. The maximum atomic E-state index is 12.5. The zero-order chi connectivity index (χ0) is 15.1. The summed E-state index contributed by atoms with van der Waals surface area (Å²) in [5.74, 6) is -0.218. The molecule has 1 N–H and O–H groups in total. The van der Waals surface area contributed by atoms with Crippen molar-refractivity contribution in [2.24, 2.45) is 0 Å². The lowest BCUT2D eigenvalue weighted by molar-refractivity contribution is -0.151. The van der Waals surface area contributed by atoms with Gasteiger partial charge in [0, 0.05) is 12.6 Å². The SMILES string of the molecule is CCOC(=O)C(c1ccccc1)N(CCO)C1CCCC1. The van der Waals surface area contributed by atoms with Crippen LogP contribution in [0, 0.1) is 0 Å². The summed E-state index contributed by atoms with van der Waals surface area (Å²) < 4.78 is 5.28. The molecule has 1 aromatic carbocycles. The van der Waals surface area contributed by atoms with Gasteiger partial charge in [-0.2, -0.15) is 0 Å². The molecular formula is C17H25NO3. The van der Waals surface area contributed by atoms with Crippen LogP contribution in [0.2, 0.25) is 0 Å². The third-order valence-electron chi connectivity index (χ3n) is 4.11. The Labute approximate surface area is 126 Å². The van der Waals surface area contributed by atoms with Gasteiger partial charge in [-0.1, -0.05) is 43.2 Å². The number of nitrogens with zero attached hydrogens (tertiary/aromatic N) is 1. The van der Waals surface area contributed by atoms with E-state index in [1.54, 1.807) is 0 Å². The molecule has 4 heteroatoms. The van der Waals surface area contributed by atoms with E-state index in [2.05, 4.69) is 4.90 Å². The summed E-state index contributed by atoms with van der Waals surface area (Å²) in [5, 5.41) is 9.41. The summed E-state index contributed by atoms with van der Waals surface area (Å²) in [6.45, 7) is 2.76. The van der Waals surface area contributed by atoms with Crippen LogP contribution in [-0.2, 0) is 9.53 Å².